The third-order valence-corrected chi connectivity index (χ3v) is 4.41. The van der Waals surface area contributed by atoms with Crippen molar-refractivity contribution in [3.63, 3.8) is 0 Å². The summed E-state index contributed by atoms with van der Waals surface area (Å²) in [5, 5.41) is 4.53. The quantitative estimate of drug-likeness (QED) is 0.345. The summed E-state index contributed by atoms with van der Waals surface area (Å²) in [5.41, 5.74) is 3.95. The minimum atomic E-state index is -0.402. The van der Waals surface area contributed by atoms with Crippen molar-refractivity contribution in [2.45, 2.75) is 13.5 Å². The first kappa shape index (κ1) is 23.1. The molecule has 3 aromatic rings. The van der Waals surface area contributed by atoms with Crippen molar-refractivity contribution in [1.29, 1.82) is 0 Å². The fourth-order valence-electron chi connectivity index (χ4n) is 2.63. The molecule has 1 amide bonds. The second-order valence-corrected chi connectivity index (χ2v) is 7.03. The van der Waals surface area contributed by atoms with Crippen molar-refractivity contribution in [1.82, 2.24) is 5.43 Å². The maximum absolute atomic E-state index is 13.0. The summed E-state index contributed by atoms with van der Waals surface area (Å²) in [6.45, 7) is 2.41. The zero-order chi connectivity index (χ0) is 22.8. The normalized spacial score (nSPS) is 10.7. The molecule has 8 heteroatoms. The molecule has 0 saturated heterocycles. The van der Waals surface area contributed by atoms with E-state index in [0.717, 1.165) is 5.56 Å². The Morgan fingerprint density at radius 3 is 2.47 bits per heavy atom. The van der Waals surface area contributed by atoms with Crippen molar-refractivity contribution >= 4 is 23.7 Å². The van der Waals surface area contributed by atoms with Gasteiger partial charge in [-0.25, -0.2) is 9.82 Å². The van der Waals surface area contributed by atoms with E-state index in [4.69, 9.17) is 25.8 Å². The van der Waals surface area contributed by atoms with Gasteiger partial charge in [0.25, 0.3) is 5.91 Å². The third kappa shape index (κ3) is 7.28. The van der Waals surface area contributed by atoms with Gasteiger partial charge in [-0.15, -0.1) is 0 Å². The van der Waals surface area contributed by atoms with Gasteiger partial charge in [0.1, 0.15) is 18.2 Å². The second kappa shape index (κ2) is 11.7. The van der Waals surface area contributed by atoms with Gasteiger partial charge in [-0.2, -0.15) is 5.10 Å². The Hall–Kier alpha value is -3.58. The highest BCUT2D eigenvalue weighted by atomic mass is 35.5. The van der Waals surface area contributed by atoms with E-state index in [9.17, 15) is 9.18 Å². The highest BCUT2D eigenvalue weighted by Gasteiger charge is 2.07. The molecule has 0 saturated carbocycles. The van der Waals surface area contributed by atoms with E-state index in [1.54, 1.807) is 54.6 Å². The Kier molecular flexibility index (Phi) is 8.45. The maximum atomic E-state index is 13.0. The lowest BCUT2D eigenvalue weighted by Gasteiger charge is -2.12. The Morgan fingerprint density at radius 1 is 1.00 bits per heavy atom. The molecule has 166 valence electrons. The lowest BCUT2D eigenvalue weighted by atomic mass is 10.2. The Morgan fingerprint density at radius 2 is 1.75 bits per heavy atom. The minimum absolute atomic E-state index is 0.181. The van der Waals surface area contributed by atoms with E-state index in [0.29, 0.717) is 34.4 Å². The number of nitrogens with one attached hydrogen (secondary N) is 1. The number of halogens is 2. The van der Waals surface area contributed by atoms with Crippen LogP contribution in [0.15, 0.2) is 71.8 Å². The fraction of sp³-hybridized carbons (Fsp3) is 0.167. The number of hydrazone groups is 1. The number of carbonyl (C=O) groups is 1. The molecule has 32 heavy (non-hydrogen) atoms. The highest BCUT2D eigenvalue weighted by Crippen LogP contribution is 2.29. The number of ether oxygens (including phenoxy) is 3. The summed E-state index contributed by atoms with van der Waals surface area (Å²) < 4.78 is 29.8. The predicted octanol–water partition coefficient (Wildman–Crippen LogP) is 4.99. The van der Waals surface area contributed by atoms with Crippen LogP contribution in [-0.4, -0.2) is 25.3 Å². The van der Waals surface area contributed by atoms with Crippen LogP contribution in [0.2, 0.25) is 5.02 Å². The average molecular weight is 457 g/mol. The summed E-state index contributed by atoms with van der Waals surface area (Å²) in [6, 6.07) is 18.1. The van der Waals surface area contributed by atoms with E-state index >= 15 is 0 Å². The highest BCUT2D eigenvalue weighted by molar-refractivity contribution is 6.30. The van der Waals surface area contributed by atoms with Crippen LogP contribution in [-0.2, 0) is 11.4 Å². The van der Waals surface area contributed by atoms with Crippen LogP contribution in [0, 0.1) is 5.82 Å². The molecule has 0 heterocycles. The third-order valence-electron chi connectivity index (χ3n) is 4.16. The number of benzene rings is 3. The molecule has 0 bridgehead atoms. The van der Waals surface area contributed by atoms with Crippen molar-refractivity contribution in [2.24, 2.45) is 5.10 Å². The van der Waals surface area contributed by atoms with Gasteiger partial charge in [0.2, 0.25) is 0 Å². The molecule has 0 atom stereocenters. The molecule has 1 N–H and O–H groups in total. The standard InChI is InChI=1S/C24H22ClFN2O4/c1-2-30-23-13-18(5-12-22(23)32-15-17-3-8-20(26)9-4-17)14-27-28-24(29)16-31-21-10-6-19(25)7-11-21/h3-14H,2,15-16H2,1H3,(H,28,29)/b27-14-. The molecule has 0 aromatic heterocycles. The molecule has 0 unspecified atom stereocenters. The number of carbonyl (C=O) groups excluding carboxylic acids is 1. The SMILES string of the molecule is CCOc1cc(/C=N\NC(=O)COc2ccc(Cl)cc2)ccc1OCc1ccc(F)cc1. The zero-order valence-corrected chi connectivity index (χ0v) is 18.1. The molecule has 0 radical (unpaired) electrons. The van der Waals surface area contributed by atoms with Crippen LogP contribution >= 0.6 is 11.6 Å². The summed E-state index contributed by atoms with van der Waals surface area (Å²) in [4.78, 5) is 11.9. The van der Waals surface area contributed by atoms with Crippen LogP contribution < -0.4 is 19.6 Å². The monoisotopic (exact) mass is 456 g/mol. The number of hydrogen-bond donors (Lipinski definition) is 1. The van der Waals surface area contributed by atoms with Crippen molar-refractivity contribution in [2.75, 3.05) is 13.2 Å². The Balaban J connectivity index is 1.54. The van der Waals surface area contributed by atoms with Crippen LogP contribution in [0.1, 0.15) is 18.1 Å². The molecular weight excluding hydrogens is 435 g/mol. The molecule has 0 aliphatic heterocycles. The van der Waals surface area contributed by atoms with Crippen LogP contribution in [0.3, 0.4) is 0 Å². The number of nitrogens with zero attached hydrogens (tertiary/aromatic N) is 1. The van der Waals surface area contributed by atoms with Crippen molar-refractivity contribution < 1.29 is 23.4 Å². The average Bonchev–Trinajstić information content (AvgIpc) is 2.79. The molecule has 3 rings (SSSR count). The van der Waals surface area contributed by atoms with E-state index in [-0.39, 0.29) is 19.0 Å². The summed E-state index contributed by atoms with van der Waals surface area (Å²) >= 11 is 5.81. The number of hydrogen-bond acceptors (Lipinski definition) is 5. The topological polar surface area (TPSA) is 69.2 Å². The molecule has 0 aliphatic rings. The molecular formula is C24H22ClFN2O4. The second-order valence-electron chi connectivity index (χ2n) is 6.59. The van der Waals surface area contributed by atoms with Gasteiger partial charge < -0.3 is 14.2 Å². The first-order chi connectivity index (χ1) is 15.5. The zero-order valence-electron chi connectivity index (χ0n) is 17.4. The minimum Gasteiger partial charge on any atom is -0.490 e. The maximum Gasteiger partial charge on any atom is 0.277 e. The van der Waals surface area contributed by atoms with Gasteiger partial charge in [-0.05, 0) is 72.6 Å². The van der Waals surface area contributed by atoms with Crippen molar-refractivity contribution in [3.05, 3.63) is 88.7 Å². The smallest absolute Gasteiger partial charge is 0.277 e. The summed E-state index contributed by atoms with van der Waals surface area (Å²) in [7, 11) is 0. The first-order valence-electron chi connectivity index (χ1n) is 9.88. The molecule has 6 nitrogen and oxygen atoms in total. The lowest BCUT2D eigenvalue weighted by Crippen LogP contribution is -2.24. The first-order valence-corrected chi connectivity index (χ1v) is 10.3. The molecule has 0 fully saturated rings. The Labute approximate surface area is 190 Å². The van der Waals surface area contributed by atoms with Gasteiger partial charge in [-0.1, -0.05) is 23.7 Å². The predicted molar refractivity (Wildman–Crippen MR) is 121 cm³/mol. The van der Waals surface area contributed by atoms with Gasteiger partial charge in [-0.3, -0.25) is 4.79 Å². The number of amides is 1. The van der Waals surface area contributed by atoms with E-state index < -0.39 is 5.91 Å². The van der Waals surface area contributed by atoms with Crippen LogP contribution in [0.4, 0.5) is 4.39 Å². The fourth-order valence-corrected chi connectivity index (χ4v) is 2.75. The number of rotatable bonds is 10. The molecule has 0 aliphatic carbocycles. The Bertz CT molecular complexity index is 1060. The molecule has 3 aromatic carbocycles. The summed E-state index contributed by atoms with van der Waals surface area (Å²) in [6.07, 6.45) is 1.49. The van der Waals surface area contributed by atoms with Gasteiger partial charge in [0.05, 0.1) is 12.8 Å². The van der Waals surface area contributed by atoms with E-state index in [2.05, 4.69) is 10.5 Å². The van der Waals surface area contributed by atoms with Crippen LogP contribution in [0.25, 0.3) is 0 Å². The largest absolute Gasteiger partial charge is 0.490 e. The summed E-state index contributed by atoms with van der Waals surface area (Å²) in [5.74, 6) is 0.923. The lowest BCUT2D eigenvalue weighted by molar-refractivity contribution is -0.123. The van der Waals surface area contributed by atoms with Gasteiger partial charge in [0.15, 0.2) is 18.1 Å². The van der Waals surface area contributed by atoms with Gasteiger partial charge >= 0.3 is 0 Å². The van der Waals surface area contributed by atoms with Gasteiger partial charge in [0, 0.05) is 5.02 Å². The van der Waals surface area contributed by atoms with E-state index in [1.807, 2.05) is 6.92 Å². The molecule has 0 spiro atoms. The van der Waals surface area contributed by atoms with E-state index in [1.165, 1.54) is 18.3 Å². The van der Waals surface area contributed by atoms with Crippen molar-refractivity contribution in [3.8, 4) is 17.2 Å². The van der Waals surface area contributed by atoms with Crippen LogP contribution in [0.5, 0.6) is 17.2 Å².